The van der Waals surface area contributed by atoms with Gasteiger partial charge in [-0.1, -0.05) is 49.7 Å². The molecule has 1 atom stereocenters. The van der Waals surface area contributed by atoms with E-state index in [1.54, 1.807) is 12.1 Å². The van der Waals surface area contributed by atoms with Crippen molar-refractivity contribution in [3.63, 3.8) is 0 Å². The molecule has 1 N–H and O–H groups in total. The Kier molecular flexibility index (Phi) is 4.84. The van der Waals surface area contributed by atoms with E-state index in [1.807, 2.05) is 31.3 Å². The first kappa shape index (κ1) is 17.2. The monoisotopic (exact) mass is 346 g/mol. The van der Waals surface area contributed by atoms with E-state index in [2.05, 4.69) is 30.1 Å². The third kappa shape index (κ3) is 3.15. The highest BCUT2D eigenvalue weighted by atomic mass is 35.5. The number of hydrogen-bond acceptors (Lipinski definition) is 2. The lowest BCUT2D eigenvalue weighted by molar-refractivity contribution is 0.494. The van der Waals surface area contributed by atoms with Crippen molar-refractivity contribution >= 4 is 17.3 Å². The van der Waals surface area contributed by atoms with E-state index in [4.69, 9.17) is 11.6 Å². The minimum Gasteiger partial charge on any atom is -0.361 e. The lowest BCUT2D eigenvalue weighted by Crippen LogP contribution is -2.34. The summed E-state index contributed by atoms with van der Waals surface area (Å²) in [5.41, 5.74) is 2.88. The summed E-state index contributed by atoms with van der Waals surface area (Å²) in [6, 6.07) is 13.4. The van der Waals surface area contributed by atoms with Crippen molar-refractivity contribution in [3.8, 4) is 0 Å². The molecular formula is C20H24ClFN2. The molecule has 1 heterocycles. The van der Waals surface area contributed by atoms with E-state index in [0.29, 0.717) is 5.02 Å². The average molecular weight is 347 g/mol. The number of nitrogens with one attached hydrogen (secondary N) is 1. The van der Waals surface area contributed by atoms with Gasteiger partial charge in [0.25, 0.3) is 0 Å². The third-order valence-electron chi connectivity index (χ3n) is 4.85. The number of halogens is 2. The molecule has 0 unspecified atom stereocenters. The Morgan fingerprint density at radius 2 is 2.00 bits per heavy atom. The summed E-state index contributed by atoms with van der Waals surface area (Å²) < 4.78 is 14.7. The molecule has 0 fully saturated rings. The first-order valence-corrected chi connectivity index (χ1v) is 8.77. The van der Waals surface area contributed by atoms with Crippen molar-refractivity contribution in [1.29, 1.82) is 0 Å². The molecule has 0 aliphatic carbocycles. The SMILES string of the molecule is CNCC[C@H](c1cccc(Cl)c1)N1CC(C)(C)c2cccc(F)c21. The van der Waals surface area contributed by atoms with Crippen LogP contribution in [0.3, 0.4) is 0 Å². The van der Waals surface area contributed by atoms with Crippen molar-refractivity contribution in [1.82, 2.24) is 5.32 Å². The number of para-hydroxylation sites is 1. The Balaban J connectivity index is 2.07. The van der Waals surface area contributed by atoms with Gasteiger partial charge in [0, 0.05) is 17.0 Å². The standard InChI is InChI=1S/C20H24ClFN2/c1-20(2)13-24(19-16(20)8-5-9-17(19)22)18(10-11-23-3)14-6-4-7-15(21)12-14/h4-9,12,18,23H,10-11,13H2,1-3H3/t18-/m1/s1. The van der Waals surface area contributed by atoms with Gasteiger partial charge in [-0.3, -0.25) is 0 Å². The van der Waals surface area contributed by atoms with Crippen molar-refractivity contribution in [2.45, 2.75) is 31.7 Å². The Morgan fingerprint density at radius 1 is 1.25 bits per heavy atom. The second-order valence-corrected chi connectivity index (χ2v) is 7.55. The average Bonchev–Trinajstić information content (AvgIpc) is 2.81. The number of fused-ring (bicyclic) bond motifs is 1. The molecule has 3 rings (SSSR count). The summed E-state index contributed by atoms with van der Waals surface area (Å²) in [6.45, 7) is 6.01. The molecule has 0 bridgehead atoms. The fourth-order valence-electron chi connectivity index (χ4n) is 3.71. The summed E-state index contributed by atoms with van der Waals surface area (Å²) in [7, 11) is 1.94. The summed E-state index contributed by atoms with van der Waals surface area (Å²) >= 11 is 6.21. The van der Waals surface area contributed by atoms with Gasteiger partial charge in [0.1, 0.15) is 5.82 Å². The highest BCUT2D eigenvalue weighted by Gasteiger charge is 2.40. The van der Waals surface area contributed by atoms with Gasteiger partial charge in [-0.15, -0.1) is 0 Å². The summed E-state index contributed by atoms with van der Waals surface area (Å²) in [5, 5.41) is 3.93. The van der Waals surface area contributed by atoms with Crippen molar-refractivity contribution < 1.29 is 4.39 Å². The lowest BCUT2D eigenvalue weighted by Gasteiger charge is -2.32. The normalized spacial score (nSPS) is 17.0. The Hall–Kier alpha value is -1.58. The third-order valence-corrected chi connectivity index (χ3v) is 5.08. The fraction of sp³-hybridized carbons (Fsp3) is 0.400. The van der Waals surface area contributed by atoms with E-state index in [1.165, 1.54) is 0 Å². The topological polar surface area (TPSA) is 15.3 Å². The molecule has 2 nitrogen and oxygen atoms in total. The minimum absolute atomic E-state index is 0.0755. The molecule has 4 heteroatoms. The Bertz CT molecular complexity index is 729. The van der Waals surface area contributed by atoms with Crippen LogP contribution in [0.15, 0.2) is 42.5 Å². The molecule has 0 spiro atoms. The van der Waals surface area contributed by atoms with Gasteiger partial charge in [-0.25, -0.2) is 4.39 Å². The molecule has 0 radical (unpaired) electrons. The second-order valence-electron chi connectivity index (χ2n) is 7.11. The molecule has 1 aliphatic rings. The van der Waals surface area contributed by atoms with Gasteiger partial charge in [0.15, 0.2) is 0 Å². The molecular weight excluding hydrogens is 323 g/mol. The van der Waals surface area contributed by atoms with E-state index in [-0.39, 0.29) is 17.3 Å². The van der Waals surface area contributed by atoms with Crippen LogP contribution in [0, 0.1) is 5.82 Å². The summed E-state index contributed by atoms with van der Waals surface area (Å²) in [6.07, 6.45) is 0.890. The number of hydrogen-bond donors (Lipinski definition) is 1. The molecule has 0 aromatic heterocycles. The quantitative estimate of drug-likeness (QED) is 0.826. The number of nitrogens with zero attached hydrogens (tertiary/aromatic N) is 1. The van der Waals surface area contributed by atoms with Gasteiger partial charge >= 0.3 is 0 Å². The van der Waals surface area contributed by atoms with Crippen LogP contribution in [0.2, 0.25) is 5.02 Å². The maximum Gasteiger partial charge on any atom is 0.146 e. The van der Waals surface area contributed by atoms with Gasteiger partial charge in [-0.2, -0.15) is 0 Å². The zero-order valence-electron chi connectivity index (χ0n) is 14.4. The van der Waals surface area contributed by atoms with Gasteiger partial charge in [0.2, 0.25) is 0 Å². The van der Waals surface area contributed by atoms with Crippen molar-refractivity contribution in [2.75, 3.05) is 25.0 Å². The molecule has 0 saturated heterocycles. The van der Waals surface area contributed by atoms with Crippen LogP contribution in [-0.2, 0) is 5.41 Å². The van der Waals surface area contributed by atoms with Gasteiger partial charge in [-0.05, 0) is 49.3 Å². The number of benzene rings is 2. The molecule has 2 aromatic carbocycles. The van der Waals surface area contributed by atoms with Crippen LogP contribution in [0.4, 0.5) is 10.1 Å². The molecule has 24 heavy (non-hydrogen) atoms. The van der Waals surface area contributed by atoms with Crippen LogP contribution >= 0.6 is 11.6 Å². The zero-order chi connectivity index (χ0) is 17.3. The molecule has 0 saturated carbocycles. The molecule has 2 aromatic rings. The smallest absolute Gasteiger partial charge is 0.146 e. The minimum atomic E-state index is -0.144. The predicted octanol–water partition coefficient (Wildman–Crippen LogP) is 4.93. The van der Waals surface area contributed by atoms with Crippen molar-refractivity contribution in [2.24, 2.45) is 0 Å². The Labute approximate surface area is 148 Å². The summed E-state index contributed by atoms with van der Waals surface area (Å²) in [4.78, 5) is 2.22. The molecule has 128 valence electrons. The van der Waals surface area contributed by atoms with Crippen LogP contribution in [0.25, 0.3) is 0 Å². The van der Waals surface area contributed by atoms with Crippen molar-refractivity contribution in [3.05, 3.63) is 64.4 Å². The van der Waals surface area contributed by atoms with Crippen LogP contribution in [-0.4, -0.2) is 20.1 Å². The maximum atomic E-state index is 14.7. The zero-order valence-corrected chi connectivity index (χ0v) is 15.2. The Morgan fingerprint density at radius 3 is 2.71 bits per heavy atom. The first-order valence-electron chi connectivity index (χ1n) is 8.40. The molecule has 0 amide bonds. The highest BCUT2D eigenvalue weighted by Crippen LogP contribution is 2.46. The lowest BCUT2D eigenvalue weighted by atomic mass is 9.87. The first-order chi connectivity index (χ1) is 11.4. The summed E-state index contributed by atoms with van der Waals surface area (Å²) in [5.74, 6) is -0.144. The van der Waals surface area contributed by atoms with Crippen LogP contribution < -0.4 is 10.2 Å². The highest BCUT2D eigenvalue weighted by molar-refractivity contribution is 6.30. The maximum absolute atomic E-state index is 14.7. The largest absolute Gasteiger partial charge is 0.361 e. The van der Waals surface area contributed by atoms with Crippen LogP contribution in [0.5, 0.6) is 0 Å². The second kappa shape index (κ2) is 6.73. The van der Waals surface area contributed by atoms with Crippen LogP contribution in [0.1, 0.15) is 37.4 Å². The molecule has 1 aliphatic heterocycles. The number of rotatable bonds is 5. The number of anilines is 1. The van der Waals surface area contributed by atoms with E-state index in [9.17, 15) is 4.39 Å². The van der Waals surface area contributed by atoms with E-state index < -0.39 is 0 Å². The fourth-order valence-corrected chi connectivity index (χ4v) is 3.91. The van der Waals surface area contributed by atoms with Gasteiger partial charge in [0.05, 0.1) is 11.7 Å². The van der Waals surface area contributed by atoms with E-state index in [0.717, 1.165) is 36.3 Å². The van der Waals surface area contributed by atoms with E-state index >= 15 is 0 Å². The predicted molar refractivity (Wildman–Crippen MR) is 99.5 cm³/mol. The van der Waals surface area contributed by atoms with Gasteiger partial charge < -0.3 is 10.2 Å².